The summed E-state index contributed by atoms with van der Waals surface area (Å²) in [5.74, 6) is -1.25. The van der Waals surface area contributed by atoms with Crippen LogP contribution in [0.3, 0.4) is 0 Å². The molecule has 0 aliphatic heterocycles. The Morgan fingerprint density at radius 3 is 2.68 bits per heavy atom. The van der Waals surface area contributed by atoms with Gasteiger partial charge in [-0.1, -0.05) is 17.7 Å². The van der Waals surface area contributed by atoms with E-state index < -0.39 is 18.0 Å². The first-order chi connectivity index (χ1) is 8.88. The number of hydrogen-bond donors (Lipinski definition) is 2. The summed E-state index contributed by atoms with van der Waals surface area (Å²) in [4.78, 5) is 22.9. The average Bonchev–Trinajstić information content (AvgIpc) is 2.41. The van der Waals surface area contributed by atoms with Crippen molar-refractivity contribution in [2.24, 2.45) is 0 Å². The first-order valence-corrected chi connectivity index (χ1v) is 6.06. The predicted molar refractivity (Wildman–Crippen MR) is 73.9 cm³/mol. The van der Waals surface area contributed by atoms with Crippen LogP contribution in [0.2, 0.25) is 5.02 Å². The van der Waals surface area contributed by atoms with Crippen molar-refractivity contribution < 1.29 is 19.3 Å². The molecular formula is C12H15BClNO4. The number of nitrogens with one attached hydrogen (secondary N) is 1. The van der Waals surface area contributed by atoms with Gasteiger partial charge in [-0.05, 0) is 31.0 Å². The third-order valence-electron chi connectivity index (χ3n) is 2.83. The maximum atomic E-state index is 11.9. The lowest BCUT2D eigenvalue weighted by Crippen LogP contribution is -2.37. The van der Waals surface area contributed by atoms with Crippen molar-refractivity contribution in [1.29, 1.82) is 0 Å². The summed E-state index contributed by atoms with van der Waals surface area (Å²) >= 11 is 6.08. The van der Waals surface area contributed by atoms with Crippen LogP contribution in [0.1, 0.15) is 21.5 Å². The Morgan fingerprint density at radius 1 is 1.47 bits per heavy atom. The number of aliphatic hydroxyl groups excluding tert-OH is 1. The standard InChI is InChI=1S/C12H15BClNO4/c1-6-3-4-8(10(14)7(6)2)11(17)15-5-9(16)12(18)19-13/h3-4,9,16H,5,13H2,1-2H3,(H,15,17). The van der Waals surface area contributed by atoms with E-state index in [1.54, 1.807) is 12.1 Å². The number of benzene rings is 1. The monoisotopic (exact) mass is 283 g/mol. The fourth-order valence-corrected chi connectivity index (χ4v) is 1.76. The highest BCUT2D eigenvalue weighted by molar-refractivity contribution is 6.34. The molecule has 0 bridgehead atoms. The molecule has 1 aromatic rings. The zero-order valence-corrected chi connectivity index (χ0v) is 11.7. The summed E-state index contributed by atoms with van der Waals surface area (Å²) in [5.41, 5.74) is 2.11. The van der Waals surface area contributed by atoms with Crippen LogP contribution in [0.25, 0.3) is 0 Å². The van der Waals surface area contributed by atoms with Crippen molar-refractivity contribution >= 4 is 31.5 Å². The summed E-state index contributed by atoms with van der Waals surface area (Å²) in [7, 11) is 1.16. The third-order valence-corrected chi connectivity index (χ3v) is 3.32. The van der Waals surface area contributed by atoms with Crippen molar-refractivity contribution in [2.75, 3.05) is 6.54 Å². The van der Waals surface area contributed by atoms with Crippen molar-refractivity contribution in [3.63, 3.8) is 0 Å². The van der Waals surface area contributed by atoms with Crippen LogP contribution in [-0.4, -0.2) is 37.7 Å². The van der Waals surface area contributed by atoms with Crippen LogP contribution in [0.15, 0.2) is 12.1 Å². The minimum Gasteiger partial charge on any atom is -0.541 e. The molecule has 0 aliphatic carbocycles. The number of carbonyl (C=O) groups excluding carboxylic acids is 2. The fraction of sp³-hybridized carbons (Fsp3) is 0.333. The Kier molecular flexibility index (Phi) is 5.38. The maximum absolute atomic E-state index is 11.9. The smallest absolute Gasteiger partial charge is 0.326 e. The average molecular weight is 284 g/mol. The lowest BCUT2D eigenvalue weighted by Gasteiger charge is -2.12. The van der Waals surface area contributed by atoms with E-state index in [1.807, 2.05) is 13.8 Å². The lowest BCUT2D eigenvalue weighted by atomic mass is 10.1. The van der Waals surface area contributed by atoms with Gasteiger partial charge in [-0.3, -0.25) is 9.59 Å². The number of aliphatic hydroxyl groups is 1. The molecule has 0 saturated carbocycles. The van der Waals surface area contributed by atoms with E-state index in [1.165, 1.54) is 0 Å². The summed E-state index contributed by atoms with van der Waals surface area (Å²) in [6.45, 7) is 3.48. The largest absolute Gasteiger partial charge is 0.541 e. The molecule has 0 aliphatic rings. The normalized spacial score (nSPS) is 11.8. The molecule has 1 aromatic carbocycles. The molecule has 0 saturated heterocycles. The second-order valence-electron chi connectivity index (χ2n) is 4.12. The molecule has 0 radical (unpaired) electrons. The van der Waals surface area contributed by atoms with E-state index in [9.17, 15) is 14.7 Å². The van der Waals surface area contributed by atoms with Gasteiger partial charge in [0.1, 0.15) is 0 Å². The molecule has 0 spiro atoms. The quantitative estimate of drug-likeness (QED) is 0.771. The minimum atomic E-state index is -1.39. The van der Waals surface area contributed by atoms with Crippen LogP contribution < -0.4 is 5.32 Å². The third kappa shape index (κ3) is 3.72. The first kappa shape index (κ1) is 15.5. The summed E-state index contributed by atoms with van der Waals surface area (Å²) in [6.07, 6.45) is -1.39. The molecule has 5 nitrogen and oxygen atoms in total. The molecule has 1 unspecified atom stereocenters. The van der Waals surface area contributed by atoms with Crippen molar-refractivity contribution in [3.05, 3.63) is 33.8 Å². The van der Waals surface area contributed by atoms with E-state index in [0.29, 0.717) is 10.6 Å². The second-order valence-corrected chi connectivity index (χ2v) is 4.50. The highest BCUT2D eigenvalue weighted by Gasteiger charge is 2.18. The molecule has 102 valence electrons. The van der Waals surface area contributed by atoms with Gasteiger partial charge in [0.15, 0.2) is 6.10 Å². The molecular weight excluding hydrogens is 268 g/mol. The van der Waals surface area contributed by atoms with Crippen LogP contribution >= 0.6 is 11.6 Å². The molecule has 0 fully saturated rings. The van der Waals surface area contributed by atoms with Gasteiger partial charge >= 0.3 is 14.0 Å². The van der Waals surface area contributed by atoms with Crippen molar-refractivity contribution in [2.45, 2.75) is 20.0 Å². The molecule has 0 aromatic heterocycles. The van der Waals surface area contributed by atoms with Crippen LogP contribution in [0.4, 0.5) is 0 Å². The summed E-state index contributed by atoms with van der Waals surface area (Å²) in [6, 6.07) is 3.39. The van der Waals surface area contributed by atoms with Gasteiger partial charge in [0.25, 0.3) is 5.91 Å². The first-order valence-electron chi connectivity index (χ1n) is 5.68. The van der Waals surface area contributed by atoms with Crippen LogP contribution in [0.5, 0.6) is 0 Å². The predicted octanol–water partition coefficient (Wildman–Crippen LogP) is 0.139. The van der Waals surface area contributed by atoms with Gasteiger partial charge in [-0.25, -0.2) is 0 Å². The Bertz CT molecular complexity index is 507. The number of hydrogen-bond acceptors (Lipinski definition) is 4. The molecule has 1 atom stereocenters. The van der Waals surface area contributed by atoms with Crippen molar-refractivity contribution in [3.8, 4) is 0 Å². The fourth-order valence-electron chi connectivity index (χ4n) is 1.46. The van der Waals surface area contributed by atoms with Gasteiger partial charge in [0.05, 0.1) is 17.1 Å². The Labute approximate surface area is 117 Å². The van der Waals surface area contributed by atoms with Gasteiger partial charge in [0.2, 0.25) is 0 Å². The minimum absolute atomic E-state index is 0.227. The van der Waals surface area contributed by atoms with Gasteiger partial charge in [-0.15, -0.1) is 0 Å². The SMILES string of the molecule is BOC(=O)C(O)CNC(=O)c1ccc(C)c(C)c1Cl. The van der Waals surface area contributed by atoms with Gasteiger partial charge < -0.3 is 15.1 Å². The summed E-state index contributed by atoms with van der Waals surface area (Å²) in [5, 5.41) is 12.2. The Hall–Kier alpha value is -1.53. The second kappa shape index (κ2) is 6.59. The van der Waals surface area contributed by atoms with Crippen LogP contribution in [-0.2, 0) is 9.45 Å². The van der Waals surface area contributed by atoms with E-state index in [0.717, 1.165) is 19.2 Å². The molecule has 1 rings (SSSR count). The highest BCUT2D eigenvalue weighted by atomic mass is 35.5. The lowest BCUT2D eigenvalue weighted by molar-refractivity contribution is -0.142. The van der Waals surface area contributed by atoms with E-state index in [2.05, 4.69) is 9.97 Å². The maximum Gasteiger partial charge on any atom is 0.326 e. The van der Waals surface area contributed by atoms with Gasteiger partial charge in [-0.2, -0.15) is 0 Å². The number of rotatable bonds is 4. The molecule has 19 heavy (non-hydrogen) atoms. The molecule has 1 amide bonds. The van der Waals surface area contributed by atoms with E-state index in [4.69, 9.17) is 11.6 Å². The van der Waals surface area contributed by atoms with E-state index in [-0.39, 0.29) is 6.54 Å². The van der Waals surface area contributed by atoms with Gasteiger partial charge in [0, 0.05) is 0 Å². The Balaban J connectivity index is 2.75. The Morgan fingerprint density at radius 2 is 2.11 bits per heavy atom. The topological polar surface area (TPSA) is 75.6 Å². The number of aryl methyl sites for hydroxylation is 1. The number of halogens is 1. The number of amides is 1. The zero-order valence-electron chi connectivity index (χ0n) is 11.0. The number of carbonyl (C=O) groups is 2. The highest BCUT2D eigenvalue weighted by Crippen LogP contribution is 2.23. The summed E-state index contributed by atoms with van der Waals surface area (Å²) < 4.78 is 4.34. The van der Waals surface area contributed by atoms with Crippen molar-refractivity contribution in [1.82, 2.24) is 5.32 Å². The van der Waals surface area contributed by atoms with Crippen LogP contribution in [0, 0.1) is 13.8 Å². The zero-order chi connectivity index (χ0) is 14.6. The molecule has 0 heterocycles. The molecule has 7 heteroatoms. The molecule has 2 N–H and O–H groups in total. The van der Waals surface area contributed by atoms with E-state index >= 15 is 0 Å².